The third-order valence-electron chi connectivity index (χ3n) is 3.86. The van der Waals surface area contributed by atoms with Crippen molar-refractivity contribution in [2.45, 2.75) is 26.8 Å². The molecule has 0 aromatic heterocycles. The van der Waals surface area contributed by atoms with E-state index in [0.29, 0.717) is 17.2 Å². The van der Waals surface area contributed by atoms with Crippen molar-refractivity contribution in [3.05, 3.63) is 65.7 Å². The molecular weight excluding hydrogens is 300 g/mol. The van der Waals surface area contributed by atoms with Crippen LogP contribution in [-0.2, 0) is 4.79 Å². The van der Waals surface area contributed by atoms with Crippen molar-refractivity contribution in [3.63, 3.8) is 0 Å². The fourth-order valence-corrected chi connectivity index (χ4v) is 2.62. The summed E-state index contributed by atoms with van der Waals surface area (Å²) in [6, 6.07) is 17.2. The van der Waals surface area contributed by atoms with Crippen LogP contribution in [0.1, 0.15) is 42.7 Å². The number of amides is 1. The molecule has 0 aliphatic rings. The first kappa shape index (κ1) is 17.9. The fraction of sp³-hybridized carbons (Fsp3) is 0.300. The van der Waals surface area contributed by atoms with Gasteiger partial charge >= 0.3 is 0 Å². The number of hydrogen-bond donors (Lipinski definition) is 2. The molecule has 0 saturated carbocycles. The van der Waals surface area contributed by atoms with Crippen LogP contribution in [0.15, 0.2) is 54.6 Å². The first-order valence-corrected chi connectivity index (χ1v) is 8.16. The van der Waals surface area contributed by atoms with Gasteiger partial charge in [-0.1, -0.05) is 56.3 Å². The van der Waals surface area contributed by atoms with Gasteiger partial charge in [0.25, 0.3) is 0 Å². The molecule has 2 aromatic rings. The number of benzene rings is 2. The smallest absolute Gasteiger partial charge is 0.238 e. The molecule has 0 radical (unpaired) electrons. The lowest BCUT2D eigenvalue weighted by molar-refractivity contribution is -0.115. The average Bonchev–Trinajstić information content (AvgIpc) is 2.56. The van der Waals surface area contributed by atoms with Gasteiger partial charge in [-0.2, -0.15) is 0 Å². The van der Waals surface area contributed by atoms with Crippen LogP contribution in [0.3, 0.4) is 0 Å². The first-order valence-electron chi connectivity index (χ1n) is 8.16. The van der Waals surface area contributed by atoms with Crippen LogP contribution < -0.4 is 10.6 Å². The first-order chi connectivity index (χ1) is 11.5. The van der Waals surface area contributed by atoms with E-state index in [-0.39, 0.29) is 24.3 Å². The quantitative estimate of drug-likeness (QED) is 0.761. The maximum absolute atomic E-state index is 12.2. The molecule has 2 N–H and O–H groups in total. The van der Waals surface area contributed by atoms with Crippen LogP contribution >= 0.6 is 0 Å². The van der Waals surface area contributed by atoms with Crippen LogP contribution in [0.4, 0.5) is 5.69 Å². The standard InChI is InChI=1S/C20H24N2O2/c1-14(2)20(16-8-5-4-6-9-16)21-13-19(24)22-18-11-7-10-17(12-18)15(3)23/h4-12,14,20-21H,13H2,1-3H3,(H,22,24)/t20-/m1/s1. The average molecular weight is 324 g/mol. The summed E-state index contributed by atoms with van der Waals surface area (Å²) in [7, 11) is 0. The molecule has 0 unspecified atom stereocenters. The lowest BCUT2D eigenvalue weighted by Crippen LogP contribution is -2.33. The van der Waals surface area contributed by atoms with Crippen LogP contribution in [-0.4, -0.2) is 18.2 Å². The Hall–Kier alpha value is -2.46. The van der Waals surface area contributed by atoms with E-state index in [9.17, 15) is 9.59 Å². The number of anilines is 1. The molecule has 1 amide bonds. The highest BCUT2D eigenvalue weighted by molar-refractivity contribution is 5.97. The molecule has 4 nitrogen and oxygen atoms in total. The molecule has 0 saturated heterocycles. The Morgan fingerprint density at radius 1 is 1.00 bits per heavy atom. The molecule has 2 aromatic carbocycles. The summed E-state index contributed by atoms with van der Waals surface area (Å²) in [5.74, 6) is 0.215. The van der Waals surface area contributed by atoms with Gasteiger partial charge in [-0.15, -0.1) is 0 Å². The second-order valence-corrected chi connectivity index (χ2v) is 6.20. The van der Waals surface area contributed by atoms with E-state index < -0.39 is 0 Å². The van der Waals surface area contributed by atoms with Crippen molar-refractivity contribution < 1.29 is 9.59 Å². The molecule has 0 spiro atoms. The third kappa shape index (κ3) is 5.03. The van der Waals surface area contributed by atoms with Gasteiger partial charge < -0.3 is 10.6 Å². The Morgan fingerprint density at radius 2 is 1.71 bits per heavy atom. The number of carbonyl (C=O) groups is 2. The summed E-state index contributed by atoms with van der Waals surface area (Å²) in [6.07, 6.45) is 0. The largest absolute Gasteiger partial charge is 0.325 e. The lowest BCUT2D eigenvalue weighted by Gasteiger charge is -2.22. The summed E-state index contributed by atoms with van der Waals surface area (Å²) in [6.45, 7) is 5.97. The number of rotatable bonds is 7. The molecule has 4 heteroatoms. The zero-order valence-electron chi connectivity index (χ0n) is 14.4. The number of nitrogens with one attached hydrogen (secondary N) is 2. The predicted molar refractivity (Wildman–Crippen MR) is 97.1 cm³/mol. The molecule has 0 heterocycles. The second kappa shape index (κ2) is 8.41. The highest BCUT2D eigenvalue weighted by atomic mass is 16.2. The lowest BCUT2D eigenvalue weighted by atomic mass is 9.96. The van der Waals surface area contributed by atoms with E-state index in [4.69, 9.17) is 0 Å². The number of hydrogen-bond acceptors (Lipinski definition) is 3. The fourth-order valence-electron chi connectivity index (χ4n) is 2.62. The molecule has 0 aliphatic carbocycles. The van der Waals surface area contributed by atoms with Gasteiger partial charge in [0, 0.05) is 17.3 Å². The van der Waals surface area contributed by atoms with E-state index >= 15 is 0 Å². The summed E-state index contributed by atoms with van der Waals surface area (Å²) in [4.78, 5) is 23.6. The minimum Gasteiger partial charge on any atom is -0.325 e. The molecule has 0 aliphatic heterocycles. The van der Waals surface area contributed by atoms with Crippen LogP contribution in [0.5, 0.6) is 0 Å². The van der Waals surface area contributed by atoms with Gasteiger partial charge in [0.05, 0.1) is 6.54 Å². The summed E-state index contributed by atoms with van der Waals surface area (Å²) in [5, 5.41) is 6.14. The van der Waals surface area contributed by atoms with Crippen LogP contribution in [0.2, 0.25) is 0 Å². The summed E-state index contributed by atoms with van der Waals surface area (Å²) in [5.41, 5.74) is 2.39. The zero-order chi connectivity index (χ0) is 17.5. The molecule has 1 atom stereocenters. The van der Waals surface area contributed by atoms with Crippen LogP contribution in [0.25, 0.3) is 0 Å². The van der Waals surface area contributed by atoms with Crippen molar-refractivity contribution in [1.82, 2.24) is 5.32 Å². The SMILES string of the molecule is CC(=O)c1cccc(NC(=O)CN[C@@H](c2ccccc2)C(C)C)c1. The molecular formula is C20H24N2O2. The van der Waals surface area contributed by atoms with Crippen LogP contribution in [0, 0.1) is 5.92 Å². The Bertz CT molecular complexity index is 696. The molecule has 0 bridgehead atoms. The zero-order valence-corrected chi connectivity index (χ0v) is 14.4. The summed E-state index contributed by atoms with van der Waals surface area (Å²) >= 11 is 0. The molecule has 2 rings (SSSR count). The van der Waals surface area contributed by atoms with Crippen molar-refractivity contribution >= 4 is 17.4 Å². The van der Waals surface area contributed by atoms with Gasteiger partial charge in [0.2, 0.25) is 5.91 Å². The van der Waals surface area contributed by atoms with Crippen molar-refractivity contribution in [2.24, 2.45) is 5.92 Å². The van der Waals surface area contributed by atoms with E-state index in [1.807, 2.05) is 18.2 Å². The van der Waals surface area contributed by atoms with E-state index in [1.54, 1.807) is 24.3 Å². The predicted octanol–water partition coefficient (Wildman–Crippen LogP) is 3.81. The van der Waals surface area contributed by atoms with Crippen molar-refractivity contribution in [1.29, 1.82) is 0 Å². The Kier molecular flexibility index (Phi) is 6.27. The topological polar surface area (TPSA) is 58.2 Å². The van der Waals surface area contributed by atoms with Gasteiger partial charge in [0.15, 0.2) is 5.78 Å². The van der Waals surface area contributed by atoms with E-state index in [1.165, 1.54) is 12.5 Å². The summed E-state index contributed by atoms with van der Waals surface area (Å²) < 4.78 is 0. The number of carbonyl (C=O) groups excluding carboxylic acids is 2. The molecule has 126 valence electrons. The number of Topliss-reactive ketones (excluding diaryl/α,β-unsaturated/α-hetero) is 1. The van der Waals surface area contributed by atoms with Crippen molar-refractivity contribution in [2.75, 3.05) is 11.9 Å². The van der Waals surface area contributed by atoms with Gasteiger partial charge in [-0.05, 0) is 30.5 Å². The van der Waals surface area contributed by atoms with Gasteiger partial charge in [0.1, 0.15) is 0 Å². The third-order valence-corrected chi connectivity index (χ3v) is 3.86. The van der Waals surface area contributed by atoms with E-state index in [0.717, 1.165) is 0 Å². The van der Waals surface area contributed by atoms with Gasteiger partial charge in [-0.3, -0.25) is 9.59 Å². The van der Waals surface area contributed by atoms with Gasteiger partial charge in [-0.25, -0.2) is 0 Å². The highest BCUT2D eigenvalue weighted by Crippen LogP contribution is 2.21. The normalized spacial score (nSPS) is 12.0. The Morgan fingerprint density at radius 3 is 2.33 bits per heavy atom. The second-order valence-electron chi connectivity index (χ2n) is 6.20. The minimum absolute atomic E-state index is 0.0202. The Balaban J connectivity index is 1.96. The molecule has 0 fully saturated rings. The maximum atomic E-state index is 12.2. The molecule has 24 heavy (non-hydrogen) atoms. The Labute approximate surface area is 143 Å². The monoisotopic (exact) mass is 324 g/mol. The number of ketones is 1. The highest BCUT2D eigenvalue weighted by Gasteiger charge is 2.16. The maximum Gasteiger partial charge on any atom is 0.238 e. The minimum atomic E-state index is -0.128. The van der Waals surface area contributed by atoms with E-state index in [2.05, 4.69) is 36.6 Å². The van der Waals surface area contributed by atoms with Crippen molar-refractivity contribution in [3.8, 4) is 0 Å².